The fraction of sp³-hybridized carbons (Fsp3) is 0.577. The monoisotopic (exact) mass is 582 g/mol. The summed E-state index contributed by atoms with van der Waals surface area (Å²) in [4.78, 5) is 20.9. The van der Waals surface area contributed by atoms with Crippen LogP contribution in [0.2, 0.25) is 0 Å². The van der Waals surface area contributed by atoms with Crippen LogP contribution >= 0.6 is 7.60 Å². The van der Waals surface area contributed by atoms with Crippen LogP contribution in [0.3, 0.4) is 0 Å². The van der Waals surface area contributed by atoms with Crippen LogP contribution in [0, 0.1) is 0 Å². The highest BCUT2D eigenvalue weighted by Crippen LogP contribution is 2.48. The zero-order chi connectivity index (χ0) is 29.1. The third-order valence-electron chi connectivity index (χ3n) is 5.91. The molecule has 0 amide bonds. The number of rotatable bonds is 17. The fourth-order valence-electron chi connectivity index (χ4n) is 4.27. The first kappa shape index (κ1) is 31.7. The first-order valence-corrected chi connectivity index (χ1v) is 15.0. The van der Waals surface area contributed by atoms with Crippen molar-refractivity contribution in [2.24, 2.45) is 0 Å². The van der Waals surface area contributed by atoms with E-state index in [1.165, 1.54) is 0 Å². The van der Waals surface area contributed by atoms with Gasteiger partial charge in [-0.15, -0.1) is 0 Å². The van der Waals surface area contributed by atoms with Crippen molar-refractivity contribution in [2.45, 2.75) is 65.7 Å². The van der Waals surface area contributed by atoms with Gasteiger partial charge < -0.3 is 34.4 Å². The van der Waals surface area contributed by atoms with Gasteiger partial charge in [0.25, 0.3) is 0 Å². The normalized spacial score (nSPS) is 14.1. The second-order valence-corrected chi connectivity index (χ2v) is 11.2. The predicted molar refractivity (Wildman–Crippen MR) is 149 cm³/mol. The van der Waals surface area contributed by atoms with E-state index in [-0.39, 0.29) is 18.8 Å². The molecule has 222 valence electrons. The fourth-order valence-corrected chi connectivity index (χ4v) is 5.24. The smallest absolute Gasteiger partial charge is 0.432 e. The number of carbonyl (C=O) groups is 1. The van der Waals surface area contributed by atoms with E-state index in [1.54, 1.807) is 13.8 Å². The van der Waals surface area contributed by atoms with Gasteiger partial charge in [-0.3, -0.25) is 13.6 Å². The summed E-state index contributed by atoms with van der Waals surface area (Å²) in [5, 5.41) is 10.1. The molecular weight excluding hydrogens is 543 g/mol. The minimum absolute atomic E-state index is 0.0520. The highest BCUT2D eigenvalue weighted by Gasteiger charge is 2.27. The summed E-state index contributed by atoms with van der Waals surface area (Å²) in [6, 6.07) is 7.71. The van der Waals surface area contributed by atoms with Gasteiger partial charge in [-0.05, 0) is 39.7 Å². The number of hydrogen-bond acceptors (Lipinski definition) is 12. The van der Waals surface area contributed by atoms with Crippen LogP contribution in [0.25, 0.3) is 21.9 Å². The summed E-state index contributed by atoms with van der Waals surface area (Å²) < 4.78 is 46.1. The molecule has 14 heteroatoms. The Balaban J connectivity index is 1.78. The number of nitrogens with zero attached hydrogens (tertiary/aromatic N) is 3. The number of hydrogen-bond donors (Lipinski definition) is 2. The van der Waals surface area contributed by atoms with E-state index in [0.29, 0.717) is 31.0 Å². The molecule has 3 aromatic rings. The molecule has 0 fully saturated rings. The maximum absolute atomic E-state index is 12.9. The van der Waals surface area contributed by atoms with Crippen LogP contribution in [0.1, 0.15) is 58.8 Å². The van der Waals surface area contributed by atoms with Crippen LogP contribution in [0.15, 0.2) is 24.3 Å². The van der Waals surface area contributed by atoms with E-state index in [4.69, 9.17) is 38.7 Å². The minimum atomic E-state index is -3.92. The molecule has 0 aliphatic heterocycles. The van der Waals surface area contributed by atoms with Crippen molar-refractivity contribution in [3.8, 4) is 0 Å². The summed E-state index contributed by atoms with van der Waals surface area (Å²) >= 11 is 0. The van der Waals surface area contributed by atoms with Gasteiger partial charge in [-0.25, -0.2) is 14.8 Å². The Morgan fingerprint density at radius 3 is 2.60 bits per heavy atom. The molecule has 0 aliphatic carbocycles. The molecule has 3 N–H and O–H groups in total. The van der Waals surface area contributed by atoms with Crippen LogP contribution < -0.4 is 5.73 Å². The van der Waals surface area contributed by atoms with Crippen molar-refractivity contribution in [1.29, 1.82) is 0 Å². The second kappa shape index (κ2) is 15.3. The van der Waals surface area contributed by atoms with Crippen LogP contribution in [-0.2, 0) is 39.2 Å². The second-order valence-electron chi connectivity index (χ2n) is 9.19. The van der Waals surface area contributed by atoms with Gasteiger partial charge in [0.05, 0.1) is 17.1 Å². The molecule has 2 aromatic heterocycles. The summed E-state index contributed by atoms with van der Waals surface area (Å²) in [6.45, 7) is 6.78. The first-order valence-electron chi connectivity index (χ1n) is 13.3. The van der Waals surface area contributed by atoms with E-state index in [2.05, 4.69) is 16.5 Å². The molecule has 0 saturated carbocycles. The van der Waals surface area contributed by atoms with Gasteiger partial charge in [0.2, 0.25) is 6.79 Å². The quantitative estimate of drug-likeness (QED) is 0.0936. The SMILES string of the molecule is CCCC(CCOCP(=O)(OCO)OCOC(=O)OC(C)C)n1c(COCC)nc2c(N)nc3ccccc3c21. The lowest BCUT2D eigenvalue weighted by Crippen LogP contribution is -2.17. The number of aliphatic hydroxyl groups excluding tert-OH is 1. The van der Waals surface area contributed by atoms with E-state index in [0.717, 1.165) is 35.1 Å². The Hall–Kier alpha value is -2.80. The third-order valence-corrected chi connectivity index (χ3v) is 7.41. The number of nitrogens with two attached hydrogens (primary N) is 1. The van der Waals surface area contributed by atoms with Crippen LogP contribution in [-0.4, -0.2) is 65.0 Å². The first-order chi connectivity index (χ1) is 19.2. The van der Waals surface area contributed by atoms with Crippen molar-refractivity contribution < 1.29 is 42.5 Å². The molecule has 13 nitrogen and oxygen atoms in total. The number of aromatic nitrogens is 3. The largest absolute Gasteiger partial charge is 0.510 e. The lowest BCUT2D eigenvalue weighted by atomic mass is 10.1. The number of pyridine rings is 1. The van der Waals surface area contributed by atoms with Gasteiger partial charge in [-0.2, -0.15) is 0 Å². The molecule has 0 aliphatic rings. The molecule has 2 atom stereocenters. The molecule has 2 heterocycles. The summed E-state index contributed by atoms with van der Waals surface area (Å²) in [5.41, 5.74) is 8.57. The maximum atomic E-state index is 12.9. The third kappa shape index (κ3) is 8.35. The van der Waals surface area contributed by atoms with Gasteiger partial charge in [-0.1, -0.05) is 31.5 Å². The van der Waals surface area contributed by atoms with E-state index < -0.39 is 33.7 Å². The summed E-state index contributed by atoms with van der Waals surface area (Å²) in [5.74, 6) is 1.07. The Morgan fingerprint density at radius 2 is 1.90 bits per heavy atom. The molecule has 3 rings (SSSR count). The van der Waals surface area contributed by atoms with Crippen molar-refractivity contribution in [2.75, 3.05) is 38.9 Å². The van der Waals surface area contributed by atoms with Gasteiger partial charge >= 0.3 is 13.8 Å². The molecule has 0 bridgehead atoms. The lowest BCUT2D eigenvalue weighted by molar-refractivity contribution is -0.0221. The number of anilines is 1. The van der Waals surface area contributed by atoms with Gasteiger partial charge in [0, 0.05) is 24.6 Å². The number of para-hydroxylation sites is 1. The number of nitrogen functional groups attached to an aromatic ring is 1. The summed E-state index contributed by atoms with van der Waals surface area (Å²) in [6.07, 6.45) is 0.400. The highest BCUT2D eigenvalue weighted by atomic mass is 31.2. The minimum Gasteiger partial charge on any atom is -0.432 e. The Morgan fingerprint density at radius 1 is 1.12 bits per heavy atom. The molecule has 1 aromatic carbocycles. The zero-order valence-electron chi connectivity index (χ0n) is 23.4. The molecular formula is C26H39N4O9P. The molecule has 40 heavy (non-hydrogen) atoms. The average molecular weight is 583 g/mol. The van der Waals surface area contributed by atoms with Gasteiger partial charge in [0.1, 0.15) is 24.3 Å². The number of imidazole rings is 1. The van der Waals surface area contributed by atoms with Crippen molar-refractivity contribution in [3.63, 3.8) is 0 Å². The van der Waals surface area contributed by atoms with Crippen LogP contribution in [0.5, 0.6) is 0 Å². The number of benzene rings is 1. The van der Waals surface area contributed by atoms with E-state index in [9.17, 15) is 14.5 Å². The van der Waals surface area contributed by atoms with Crippen LogP contribution in [0.4, 0.5) is 10.6 Å². The Bertz CT molecular complexity index is 1300. The molecule has 2 unspecified atom stereocenters. The van der Waals surface area contributed by atoms with Crippen molar-refractivity contribution >= 4 is 41.5 Å². The molecule has 0 radical (unpaired) electrons. The van der Waals surface area contributed by atoms with E-state index in [1.807, 2.05) is 31.2 Å². The number of carbonyl (C=O) groups excluding carboxylic acids is 1. The number of aliphatic hydroxyl groups is 1. The summed E-state index contributed by atoms with van der Waals surface area (Å²) in [7, 11) is -3.92. The van der Waals surface area contributed by atoms with Crippen molar-refractivity contribution in [3.05, 3.63) is 30.1 Å². The standard InChI is InChI=1S/C26H39N4O9P/c1-5-9-19(12-13-35-17-40(33,37-15-31)38-16-36-26(32)39-18(3)4)30-22(14-34-6-2)29-23-24(30)20-10-7-8-11-21(20)28-25(23)27/h7-8,10-11,18-19,31H,5-6,9,12-17H2,1-4H3,(H2,27,28). The molecule has 0 spiro atoms. The number of ether oxygens (including phenoxy) is 4. The predicted octanol–water partition coefficient (Wildman–Crippen LogP) is 5.10. The Labute approximate surface area is 233 Å². The highest BCUT2D eigenvalue weighted by molar-refractivity contribution is 7.53. The van der Waals surface area contributed by atoms with Crippen molar-refractivity contribution in [1.82, 2.24) is 14.5 Å². The van der Waals surface area contributed by atoms with Gasteiger partial charge in [0.15, 0.2) is 12.6 Å². The molecule has 0 saturated heterocycles. The van der Waals surface area contributed by atoms with E-state index >= 15 is 0 Å². The average Bonchev–Trinajstić information content (AvgIpc) is 3.29. The topological polar surface area (TPSA) is 166 Å². The number of fused-ring (bicyclic) bond motifs is 3. The lowest BCUT2D eigenvalue weighted by Gasteiger charge is -2.23. The zero-order valence-corrected chi connectivity index (χ0v) is 24.3. The maximum Gasteiger partial charge on any atom is 0.510 e. The Kier molecular flexibility index (Phi) is 12.1.